The average molecular weight is 358 g/mol. The van der Waals surface area contributed by atoms with Crippen molar-refractivity contribution in [2.45, 2.75) is 6.42 Å². The number of hydrogen-bond donors (Lipinski definition) is 3. The highest BCUT2D eigenvalue weighted by molar-refractivity contribution is 6.04. The van der Waals surface area contributed by atoms with Gasteiger partial charge in [-0.25, -0.2) is 0 Å². The highest BCUT2D eigenvalue weighted by Gasteiger charge is 2.16. The highest BCUT2D eigenvalue weighted by atomic mass is 16.5. The summed E-state index contributed by atoms with van der Waals surface area (Å²) in [7, 11) is 1.54. The first kappa shape index (κ1) is 18.8. The quantitative estimate of drug-likeness (QED) is 0.618. The lowest BCUT2D eigenvalue weighted by molar-refractivity contribution is -0.136. The number of rotatable bonds is 8. The SMILES string of the molecule is COc1ccc(/C=C(\NC(=O)c2ccco2)C(=O)NCCC(=O)O)cc1. The molecule has 0 atom stereocenters. The fraction of sp³-hybridized carbons (Fsp3) is 0.167. The largest absolute Gasteiger partial charge is 0.497 e. The zero-order valence-corrected chi connectivity index (χ0v) is 14.0. The van der Waals surface area contributed by atoms with E-state index < -0.39 is 17.8 Å². The van der Waals surface area contributed by atoms with E-state index in [0.717, 1.165) is 0 Å². The minimum Gasteiger partial charge on any atom is -0.497 e. The minimum absolute atomic E-state index is 0.0399. The predicted molar refractivity (Wildman–Crippen MR) is 92.4 cm³/mol. The van der Waals surface area contributed by atoms with Crippen molar-refractivity contribution in [3.63, 3.8) is 0 Å². The molecule has 0 radical (unpaired) electrons. The van der Waals surface area contributed by atoms with Crippen LogP contribution in [0.1, 0.15) is 22.5 Å². The molecule has 0 fully saturated rings. The van der Waals surface area contributed by atoms with Gasteiger partial charge in [-0.1, -0.05) is 12.1 Å². The number of aliphatic carboxylic acids is 1. The summed E-state index contributed by atoms with van der Waals surface area (Å²) in [6.07, 6.45) is 2.58. The second kappa shape index (κ2) is 9.07. The summed E-state index contributed by atoms with van der Waals surface area (Å²) in [5.74, 6) is -1.55. The van der Waals surface area contributed by atoms with Crippen LogP contribution in [0, 0.1) is 0 Å². The normalized spacial score (nSPS) is 10.9. The highest BCUT2D eigenvalue weighted by Crippen LogP contribution is 2.14. The number of furan rings is 1. The molecule has 136 valence electrons. The van der Waals surface area contributed by atoms with Crippen molar-refractivity contribution in [1.82, 2.24) is 10.6 Å². The van der Waals surface area contributed by atoms with Gasteiger partial charge >= 0.3 is 5.97 Å². The molecule has 1 aromatic carbocycles. The van der Waals surface area contributed by atoms with E-state index in [-0.39, 0.29) is 24.4 Å². The van der Waals surface area contributed by atoms with Gasteiger partial charge in [0.15, 0.2) is 5.76 Å². The molecule has 26 heavy (non-hydrogen) atoms. The maximum Gasteiger partial charge on any atom is 0.305 e. The zero-order valence-electron chi connectivity index (χ0n) is 14.0. The van der Waals surface area contributed by atoms with Gasteiger partial charge in [0, 0.05) is 6.54 Å². The molecule has 0 saturated carbocycles. The van der Waals surface area contributed by atoms with E-state index in [4.69, 9.17) is 14.3 Å². The molecule has 8 heteroatoms. The summed E-state index contributed by atoms with van der Waals surface area (Å²) in [6, 6.07) is 9.85. The number of benzene rings is 1. The number of carbonyl (C=O) groups excluding carboxylic acids is 2. The molecule has 0 aliphatic rings. The third-order valence-electron chi connectivity index (χ3n) is 3.29. The molecule has 3 N–H and O–H groups in total. The van der Waals surface area contributed by atoms with Crippen molar-refractivity contribution in [2.75, 3.05) is 13.7 Å². The van der Waals surface area contributed by atoms with Crippen LogP contribution in [0.2, 0.25) is 0 Å². The van der Waals surface area contributed by atoms with Gasteiger partial charge in [0.25, 0.3) is 11.8 Å². The van der Waals surface area contributed by atoms with Crippen LogP contribution in [0.5, 0.6) is 5.75 Å². The average Bonchev–Trinajstić information content (AvgIpc) is 3.16. The molecule has 2 rings (SSSR count). The van der Waals surface area contributed by atoms with Gasteiger partial charge < -0.3 is 24.9 Å². The molecule has 2 aromatic rings. The van der Waals surface area contributed by atoms with E-state index in [1.165, 1.54) is 25.5 Å². The molecule has 0 saturated heterocycles. The Labute approximate surface area is 149 Å². The summed E-state index contributed by atoms with van der Waals surface area (Å²) < 4.78 is 10.1. The van der Waals surface area contributed by atoms with Crippen LogP contribution < -0.4 is 15.4 Å². The predicted octanol–water partition coefficient (Wildman–Crippen LogP) is 1.65. The first-order valence-electron chi connectivity index (χ1n) is 7.70. The van der Waals surface area contributed by atoms with Gasteiger partial charge in [-0.15, -0.1) is 0 Å². The second-order valence-electron chi connectivity index (χ2n) is 5.16. The third-order valence-corrected chi connectivity index (χ3v) is 3.29. The maximum absolute atomic E-state index is 12.3. The molecule has 1 heterocycles. The Balaban J connectivity index is 2.18. The molecule has 0 aliphatic carbocycles. The molecular formula is C18H18N2O6. The zero-order chi connectivity index (χ0) is 18.9. The van der Waals surface area contributed by atoms with Crippen LogP contribution >= 0.6 is 0 Å². The lowest BCUT2D eigenvalue weighted by Crippen LogP contribution is -2.35. The molecule has 0 spiro atoms. The Morgan fingerprint density at radius 1 is 1.19 bits per heavy atom. The maximum atomic E-state index is 12.3. The third kappa shape index (κ3) is 5.52. The van der Waals surface area contributed by atoms with Crippen LogP contribution in [-0.2, 0) is 9.59 Å². The Bertz CT molecular complexity index is 794. The molecular weight excluding hydrogens is 340 g/mol. The summed E-state index contributed by atoms with van der Waals surface area (Å²) in [6.45, 7) is -0.0647. The van der Waals surface area contributed by atoms with Crippen LogP contribution in [0.3, 0.4) is 0 Å². The number of nitrogens with one attached hydrogen (secondary N) is 2. The van der Waals surface area contributed by atoms with E-state index in [1.54, 1.807) is 30.3 Å². The van der Waals surface area contributed by atoms with E-state index >= 15 is 0 Å². The minimum atomic E-state index is -1.04. The number of carboxylic acids is 1. The summed E-state index contributed by atoms with van der Waals surface area (Å²) in [4.78, 5) is 35.0. The van der Waals surface area contributed by atoms with Gasteiger partial charge in [0.05, 0.1) is 19.8 Å². The molecule has 2 amide bonds. The lowest BCUT2D eigenvalue weighted by atomic mass is 10.1. The van der Waals surface area contributed by atoms with Crippen molar-refractivity contribution < 1.29 is 28.6 Å². The van der Waals surface area contributed by atoms with Crippen molar-refractivity contribution >= 4 is 23.9 Å². The first-order valence-corrected chi connectivity index (χ1v) is 7.70. The fourth-order valence-corrected chi connectivity index (χ4v) is 2.00. The van der Waals surface area contributed by atoms with E-state index in [0.29, 0.717) is 11.3 Å². The molecule has 1 aromatic heterocycles. The van der Waals surface area contributed by atoms with E-state index in [2.05, 4.69) is 10.6 Å². The smallest absolute Gasteiger partial charge is 0.305 e. The van der Waals surface area contributed by atoms with Gasteiger partial charge in [-0.05, 0) is 35.9 Å². The Kier molecular flexibility index (Phi) is 6.55. The Hall–Kier alpha value is -3.55. The topological polar surface area (TPSA) is 118 Å². The van der Waals surface area contributed by atoms with Crippen LogP contribution in [-0.4, -0.2) is 36.5 Å². The number of carbonyl (C=O) groups is 3. The van der Waals surface area contributed by atoms with Gasteiger partial charge in [-0.2, -0.15) is 0 Å². The molecule has 8 nitrogen and oxygen atoms in total. The van der Waals surface area contributed by atoms with Crippen LogP contribution in [0.25, 0.3) is 6.08 Å². The molecule has 0 bridgehead atoms. The van der Waals surface area contributed by atoms with Crippen LogP contribution in [0.15, 0.2) is 52.8 Å². The standard InChI is InChI=1S/C18H18N2O6/c1-25-13-6-4-12(5-7-13)11-14(17(23)19-9-8-16(21)22)20-18(24)15-3-2-10-26-15/h2-7,10-11H,8-9H2,1H3,(H,19,23)(H,20,24)(H,21,22)/b14-11-. The molecule has 0 unspecified atom stereocenters. The van der Waals surface area contributed by atoms with E-state index in [1.807, 2.05) is 0 Å². The van der Waals surface area contributed by atoms with Crippen molar-refractivity contribution in [1.29, 1.82) is 0 Å². The van der Waals surface area contributed by atoms with Crippen molar-refractivity contribution in [2.24, 2.45) is 0 Å². The van der Waals surface area contributed by atoms with Crippen molar-refractivity contribution in [3.8, 4) is 5.75 Å². The summed E-state index contributed by atoms with van der Waals surface area (Å²) >= 11 is 0. The number of methoxy groups -OCH3 is 1. The lowest BCUT2D eigenvalue weighted by Gasteiger charge is -2.10. The Morgan fingerprint density at radius 3 is 2.50 bits per heavy atom. The van der Waals surface area contributed by atoms with E-state index in [9.17, 15) is 14.4 Å². The monoisotopic (exact) mass is 358 g/mol. The van der Waals surface area contributed by atoms with Gasteiger partial charge in [-0.3, -0.25) is 14.4 Å². The van der Waals surface area contributed by atoms with Gasteiger partial charge in [0.1, 0.15) is 11.4 Å². The van der Waals surface area contributed by atoms with Gasteiger partial charge in [0.2, 0.25) is 0 Å². The second-order valence-corrected chi connectivity index (χ2v) is 5.16. The number of hydrogen-bond acceptors (Lipinski definition) is 5. The first-order chi connectivity index (χ1) is 12.5. The Morgan fingerprint density at radius 2 is 1.92 bits per heavy atom. The molecule has 0 aliphatic heterocycles. The number of amides is 2. The fourth-order valence-electron chi connectivity index (χ4n) is 2.00. The summed E-state index contributed by atoms with van der Waals surface area (Å²) in [5.41, 5.74) is 0.607. The summed E-state index contributed by atoms with van der Waals surface area (Å²) in [5, 5.41) is 13.6. The number of ether oxygens (including phenoxy) is 1. The van der Waals surface area contributed by atoms with Crippen LogP contribution in [0.4, 0.5) is 0 Å². The van der Waals surface area contributed by atoms with Crippen molar-refractivity contribution in [3.05, 3.63) is 59.7 Å². The number of carboxylic acid groups (broad SMARTS) is 1.